The standard InChI is InChI=1S/C20H18N2O4/c1-25-14-8-6-12(7-9-14)16-11-17(19(21)22-20(16)24)18(23)13-4-3-5-15(10-13)26-2/h3-11H,1-2H3,(H3,21,22,24). The summed E-state index contributed by atoms with van der Waals surface area (Å²) in [5.41, 5.74) is 7.19. The molecule has 0 atom stereocenters. The molecule has 0 radical (unpaired) electrons. The number of aromatic amines is 1. The largest absolute Gasteiger partial charge is 0.497 e. The number of rotatable bonds is 5. The third-order valence-electron chi connectivity index (χ3n) is 4.05. The molecule has 0 amide bonds. The molecule has 26 heavy (non-hydrogen) atoms. The van der Waals surface area contributed by atoms with E-state index in [2.05, 4.69) is 4.98 Å². The molecule has 2 aromatic carbocycles. The van der Waals surface area contributed by atoms with Crippen LogP contribution in [0.15, 0.2) is 59.4 Å². The van der Waals surface area contributed by atoms with Gasteiger partial charge in [-0.2, -0.15) is 0 Å². The molecule has 1 heterocycles. The van der Waals surface area contributed by atoms with Crippen LogP contribution in [0.1, 0.15) is 15.9 Å². The first-order chi connectivity index (χ1) is 12.5. The highest BCUT2D eigenvalue weighted by Crippen LogP contribution is 2.24. The van der Waals surface area contributed by atoms with Gasteiger partial charge in [0.1, 0.15) is 17.3 Å². The molecular formula is C20H18N2O4. The summed E-state index contributed by atoms with van der Waals surface area (Å²) >= 11 is 0. The molecule has 3 aromatic rings. The van der Waals surface area contributed by atoms with Crippen molar-refractivity contribution in [2.45, 2.75) is 0 Å². The molecule has 132 valence electrons. The van der Waals surface area contributed by atoms with Gasteiger partial charge in [-0.3, -0.25) is 9.59 Å². The van der Waals surface area contributed by atoms with E-state index < -0.39 is 0 Å². The van der Waals surface area contributed by atoms with Crippen molar-refractivity contribution >= 4 is 11.6 Å². The Labute approximate surface area is 150 Å². The topological polar surface area (TPSA) is 94.4 Å². The Hall–Kier alpha value is -3.54. The number of hydrogen-bond donors (Lipinski definition) is 2. The van der Waals surface area contributed by atoms with Crippen LogP contribution in [-0.4, -0.2) is 25.0 Å². The van der Waals surface area contributed by atoms with E-state index in [-0.39, 0.29) is 22.7 Å². The zero-order chi connectivity index (χ0) is 18.7. The number of aromatic nitrogens is 1. The molecule has 0 aliphatic heterocycles. The predicted molar refractivity (Wildman–Crippen MR) is 99.9 cm³/mol. The number of nitrogens with two attached hydrogens (primary N) is 1. The van der Waals surface area contributed by atoms with Gasteiger partial charge in [0.15, 0.2) is 5.78 Å². The number of carbonyl (C=O) groups excluding carboxylic acids is 1. The maximum Gasteiger partial charge on any atom is 0.257 e. The fourth-order valence-corrected chi connectivity index (χ4v) is 2.64. The number of carbonyl (C=O) groups is 1. The van der Waals surface area contributed by atoms with Crippen LogP contribution < -0.4 is 20.8 Å². The Kier molecular flexibility index (Phi) is 4.75. The molecule has 0 fully saturated rings. The minimum atomic E-state index is -0.366. The van der Waals surface area contributed by atoms with E-state index in [1.165, 1.54) is 13.2 Å². The summed E-state index contributed by atoms with van der Waals surface area (Å²) in [6, 6.07) is 15.3. The van der Waals surface area contributed by atoms with Gasteiger partial charge in [0.25, 0.3) is 5.56 Å². The van der Waals surface area contributed by atoms with E-state index in [4.69, 9.17) is 15.2 Å². The second-order valence-electron chi connectivity index (χ2n) is 5.63. The summed E-state index contributed by atoms with van der Waals surface area (Å²) in [5.74, 6) is 0.968. The van der Waals surface area contributed by atoms with Gasteiger partial charge in [-0.1, -0.05) is 24.3 Å². The molecule has 6 heteroatoms. The number of benzene rings is 2. The van der Waals surface area contributed by atoms with Crippen LogP contribution in [0.25, 0.3) is 11.1 Å². The van der Waals surface area contributed by atoms with Gasteiger partial charge in [0, 0.05) is 11.1 Å². The third kappa shape index (κ3) is 3.30. The van der Waals surface area contributed by atoms with E-state index >= 15 is 0 Å². The van der Waals surface area contributed by atoms with Crippen LogP contribution in [0.5, 0.6) is 11.5 Å². The highest BCUT2D eigenvalue weighted by molar-refractivity contribution is 6.12. The van der Waals surface area contributed by atoms with Crippen molar-refractivity contribution in [1.29, 1.82) is 0 Å². The van der Waals surface area contributed by atoms with E-state index in [9.17, 15) is 9.59 Å². The van der Waals surface area contributed by atoms with Gasteiger partial charge in [0.2, 0.25) is 0 Å². The molecule has 0 unspecified atom stereocenters. The minimum Gasteiger partial charge on any atom is -0.497 e. The van der Waals surface area contributed by atoms with Crippen molar-refractivity contribution < 1.29 is 14.3 Å². The Morgan fingerprint density at radius 2 is 1.65 bits per heavy atom. The summed E-state index contributed by atoms with van der Waals surface area (Å²) in [7, 11) is 3.09. The normalized spacial score (nSPS) is 10.4. The van der Waals surface area contributed by atoms with Crippen LogP contribution in [0, 0.1) is 0 Å². The fraction of sp³-hybridized carbons (Fsp3) is 0.100. The number of nitrogens with one attached hydrogen (secondary N) is 1. The molecule has 0 aliphatic carbocycles. The van der Waals surface area contributed by atoms with E-state index in [1.807, 2.05) is 0 Å². The molecule has 3 N–H and O–H groups in total. The van der Waals surface area contributed by atoms with Gasteiger partial charge in [-0.25, -0.2) is 0 Å². The van der Waals surface area contributed by atoms with Crippen molar-refractivity contribution in [2.24, 2.45) is 0 Å². The van der Waals surface area contributed by atoms with Crippen LogP contribution in [-0.2, 0) is 0 Å². The first-order valence-corrected chi connectivity index (χ1v) is 7.89. The van der Waals surface area contributed by atoms with Gasteiger partial charge < -0.3 is 20.2 Å². The molecule has 3 rings (SSSR count). The lowest BCUT2D eigenvalue weighted by Crippen LogP contribution is -2.16. The van der Waals surface area contributed by atoms with Crippen molar-refractivity contribution in [3.8, 4) is 22.6 Å². The molecule has 0 spiro atoms. The zero-order valence-electron chi connectivity index (χ0n) is 14.4. The summed E-state index contributed by atoms with van der Waals surface area (Å²) < 4.78 is 10.3. The molecule has 0 bridgehead atoms. The number of ether oxygens (including phenoxy) is 2. The highest BCUT2D eigenvalue weighted by atomic mass is 16.5. The molecule has 0 aliphatic rings. The van der Waals surface area contributed by atoms with E-state index in [0.717, 1.165) is 0 Å². The second kappa shape index (κ2) is 7.14. The molecule has 0 saturated carbocycles. The minimum absolute atomic E-state index is 0.0279. The predicted octanol–water partition coefficient (Wildman–Crippen LogP) is 2.87. The van der Waals surface area contributed by atoms with Gasteiger partial charge in [-0.15, -0.1) is 0 Å². The van der Waals surface area contributed by atoms with E-state index in [1.54, 1.807) is 55.6 Å². The average molecular weight is 350 g/mol. The first kappa shape index (κ1) is 17.3. The lowest BCUT2D eigenvalue weighted by Gasteiger charge is -2.09. The van der Waals surface area contributed by atoms with E-state index in [0.29, 0.717) is 28.2 Å². The third-order valence-corrected chi connectivity index (χ3v) is 4.05. The Morgan fingerprint density at radius 1 is 0.962 bits per heavy atom. The number of methoxy groups -OCH3 is 2. The maximum absolute atomic E-state index is 12.9. The molecule has 6 nitrogen and oxygen atoms in total. The van der Waals surface area contributed by atoms with Gasteiger partial charge in [0.05, 0.1) is 19.8 Å². The summed E-state index contributed by atoms with van der Waals surface area (Å²) in [4.78, 5) is 27.7. The lowest BCUT2D eigenvalue weighted by molar-refractivity contribution is 0.103. The SMILES string of the molecule is COc1ccc(-c2cc(C(=O)c3cccc(OC)c3)c(N)[nH]c2=O)cc1. The smallest absolute Gasteiger partial charge is 0.257 e. The second-order valence-corrected chi connectivity index (χ2v) is 5.63. The number of H-pyrrole nitrogens is 1. The summed E-state index contributed by atoms with van der Waals surface area (Å²) in [6.45, 7) is 0. The van der Waals surface area contributed by atoms with Crippen LogP contribution in [0.3, 0.4) is 0 Å². The van der Waals surface area contributed by atoms with Crippen molar-refractivity contribution in [3.63, 3.8) is 0 Å². The average Bonchev–Trinajstić information content (AvgIpc) is 2.68. The number of nitrogen functional groups attached to an aromatic ring is 1. The molecule has 0 saturated heterocycles. The fourth-order valence-electron chi connectivity index (χ4n) is 2.64. The maximum atomic E-state index is 12.9. The summed E-state index contributed by atoms with van der Waals surface area (Å²) in [5, 5.41) is 0. The van der Waals surface area contributed by atoms with Gasteiger partial charge in [-0.05, 0) is 35.9 Å². The van der Waals surface area contributed by atoms with Crippen LogP contribution >= 0.6 is 0 Å². The Balaban J connectivity index is 2.07. The number of hydrogen-bond acceptors (Lipinski definition) is 5. The molecular weight excluding hydrogens is 332 g/mol. The zero-order valence-corrected chi connectivity index (χ0v) is 14.4. The lowest BCUT2D eigenvalue weighted by atomic mass is 9.99. The van der Waals surface area contributed by atoms with Crippen molar-refractivity contribution in [1.82, 2.24) is 4.98 Å². The molecule has 1 aromatic heterocycles. The Bertz CT molecular complexity index is 1010. The summed E-state index contributed by atoms with van der Waals surface area (Å²) in [6.07, 6.45) is 0. The van der Waals surface area contributed by atoms with Gasteiger partial charge >= 0.3 is 0 Å². The van der Waals surface area contributed by atoms with Crippen molar-refractivity contribution in [2.75, 3.05) is 20.0 Å². The highest BCUT2D eigenvalue weighted by Gasteiger charge is 2.17. The van der Waals surface area contributed by atoms with Crippen LogP contribution in [0.4, 0.5) is 5.82 Å². The first-order valence-electron chi connectivity index (χ1n) is 7.89. The monoisotopic (exact) mass is 350 g/mol. The quantitative estimate of drug-likeness (QED) is 0.690. The number of anilines is 1. The van der Waals surface area contributed by atoms with Crippen LogP contribution in [0.2, 0.25) is 0 Å². The number of ketones is 1. The number of pyridine rings is 1. The Morgan fingerprint density at radius 3 is 2.31 bits per heavy atom. The van der Waals surface area contributed by atoms with Crippen molar-refractivity contribution in [3.05, 3.63) is 76.1 Å².